The molecule has 1 unspecified atom stereocenters. The largest absolute Gasteiger partial charge is 0.450 e. The molecule has 0 aliphatic carbocycles. The zero-order valence-electron chi connectivity index (χ0n) is 16.0. The second-order valence-corrected chi connectivity index (χ2v) is 10.2. The van der Waals surface area contributed by atoms with Crippen molar-refractivity contribution in [1.29, 1.82) is 0 Å². The topological polar surface area (TPSA) is 96.0 Å². The highest BCUT2D eigenvalue weighted by molar-refractivity contribution is 7.91. The van der Waals surface area contributed by atoms with Gasteiger partial charge in [0.25, 0.3) is 10.0 Å². The van der Waals surface area contributed by atoms with Crippen LogP contribution in [0, 0.1) is 5.92 Å². The molecule has 0 bridgehead atoms. The van der Waals surface area contributed by atoms with Crippen molar-refractivity contribution in [1.82, 2.24) is 14.5 Å². The molecule has 0 spiro atoms. The number of likely N-dealkylation sites (tertiary alicyclic amines) is 1. The van der Waals surface area contributed by atoms with Gasteiger partial charge in [0.2, 0.25) is 5.91 Å². The normalized spacial score (nSPS) is 22.0. The zero-order valence-corrected chi connectivity index (χ0v) is 17.6. The Morgan fingerprint density at radius 2 is 2.00 bits per heavy atom. The maximum Gasteiger partial charge on any atom is 0.409 e. The molecule has 28 heavy (non-hydrogen) atoms. The second-order valence-electron chi connectivity index (χ2n) is 7.10. The minimum absolute atomic E-state index is 0.00227. The standard InChI is InChI=1S/C18H27N3O5S2/c1-2-26-18(23)20-10-7-15(8-11-20)19-17(22)14-5-3-9-21(13-14)28(24,25)16-6-4-12-27-16/h4,6,12,14-15H,2-3,5,7-11,13H2,1H3,(H,19,22). The molecule has 1 aromatic rings. The van der Waals surface area contributed by atoms with Crippen LogP contribution in [0.25, 0.3) is 0 Å². The molecule has 0 radical (unpaired) electrons. The Kier molecular flexibility index (Phi) is 6.95. The first kappa shape index (κ1) is 21.1. The third kappa shape index (κ3) is 4.84. The van der Waals surface area contributed by atoms with E-state index in [1.54, 1.807) is 29.3 Å². The molecule has 2 aliphatic rings. The molecule has 2 saturated heterocycles. The van der Waals surface area contributed by atoms with E-state index in [1.807, 2.05) is 0 Å². The number of ether oxygens (including phenoxy) is 1. The summed E-state index contributed by atoms with van der Waals surface area (Å²) < 4.78 is 32.2. The number of rotatable bonds is 5. The van der Waals surface area contributed by atoms with Crippen molar-refractivity contribution in [3.63, 3.8) is 0 Å². The molecule has 10 heteroatoms. The summed E-state index contributed by atoms with van der Waals surface area (Å²) in [6.45, 7) is 3.88. The van der Waals surface area contributed by atoms with Gasteiger partial charge in [-0.1, -0.05) is 6.07 Å². The van der Waals surface area contributed by atoms with Gasteiger partial charge in [-0.2, -0.15) is 4.31 Å². The summed E-state index contributed by atoms with van der Waals surface area (Å²) in [5.41, 5.74) is 0. The van der Waals surface area contributed by atoms with Gasteiger partial charge in [-0.15, -0.1) is 11.3 Å². The summed E-state index contributed by atoms with van der Waals surface area (Å²) in [6, 6.07) is 3.32. The summed E-state index contributed by atoms with van der Waals surface area (Å²) in [6.07, 6.45) is 2.39. The molecule has 2 aliphatic heterocycles. The van der Waals surface area contributed by atoms with Crippen LogP contribution in [-0.2, 0) is 19.6 Å². The van der Waals surface area contributed by atoms with Crippen molar-refractivity contribution in [2.75, 3.05) is 32.8 Å². The first-order chi connectivity index (χ1) is 13.4. The SMILES string of the molecule is CCOC(=O)N1CCC(NC(=O)C2CCCN(S(=O)(=O)c3cccs3)C2)CC1. The summed E-state index contributed by atoms with van der Waals surface area (Å²) in [4.78, 5) is 26.1. The Balaban J connectivity index is 1.52. The van der Waals surface area contributed by atoms with E-state index in [1.165, 1.54) is 15.6 Å². The minimum atomic E-state index is -3.53. The van der Waals surface area contributed by atoms with E-state index in [0.29, 0.717) is 56.1 Å². The fraction of sp³-hybridized carbons (Fsp3) is 0.667. The van der Waals surface area contributed by atoms with Gasteiger partial charge in [0.1, 0.15) is 4.21 Å². The Hall–Kier alpha value is -1.65. The Labute approximate surface area is 169 Å². The number of piperidine rings is 2. The summed E-state index contributed by atoms with van der Waals surface area (Å²) in [5, 5.41) is 4.79. The number of carbonyl (C=O) groups is 2. The first-order valence-electron chi connectivity index (χ1n) is 9.67. The lowest BCUT2D eigenvalue weighted by molar-refractivity contribution is -0.127. The number of sulfonamides is 1. The van der Waals surface area contributed by atoms with Gasteiger partial charge in [0, 0.05) is 32.2 Å². The van der Waals surface area contributed by atoms with Crippen molar-refractivity contribution < 1.29 is 22.7 Å². The summed E-state index contributed by atoms with van der Waals surface area (Å²) in [7, 11) is -3.53. The van der Waals surface area contributed by atoms with Gasteiger partial charge in [-0.05, 0) is 44.1 Å². The van der Waals surface area contributed by atoms with Crippen molar-refractivity contribution in [3.8, 4) is 0 Å². The number of amides is 2. The lowest BCUT2D eigenvalue weighted by Gasteiger charge is -2.34. The molecule has 3 rings (SSSR count). The average molecular weight is 430 g/mol. The number of hydrogen-bond acceptors (Lipinski definition) is 6. The fourth-order valence-corrected chi connectivity index (χ4v) is 6.32. The van der Waals surface area contributed by atoms with Crippen LogP contribution in [0.1, 0.15) is 32.6 Å². The van der Waals surface area contributed by atoms with Gasteiger partial charge >= 0.3 is 6.09 Å². The minimum Gasteiger partial charge on any atom is -0.450 e. The molecule has 2 amide bonds. The van der Waals surface area contributed by atoms with E-state index >= 15 is 0 Å². The first-order valence-corrected chi connectivity index (χ1v) is 12.0. The van der Waals surface area contributed by atoms with E-state index in [4.69, 9.17) is 4.74 Å². The molecular weight excluding hydrogens is 402 g/mol. The van der Waals surface area contributed by atoms with Gasteiger partial charge in [0.15, 0.2) is 0 Å². The van der Waals surface area contributed by atoms with Crippen LogP contribution in [0.5, 0.6) is 0 Å². The fourth-order valence-electron chi connectivity index (χ4n) is 3.65. The monoisotopic (exact) mass is 429 g/mol. The zero-order chi connectivity index (χ0) is 20.1. The van der Waals surface area contributed by atoms with Gasteiger partial charge < -0.3 is 15.0 Å². The summed E-state index contributed by atoms with van der Waals surface area (Å²) >= 11 is 1.19. The third-order valence-electron chi connectivity index (χ3n) is 5.21. The van der Waals surface area contributed by atoms with E-state index in [0.717, 1.165) is 0 Å². The van der Waals surface area contributed by atoms with Gasteiger partial charge in [-0.3, -0.25) is 4.79 Å². The van der Waals surface area contributed by atoms with Crippen LogP contribution in [0.3, 0.4) is 0 Å². The van der Waals surface area contributed by atoms with Gasteiger partial charge in [-0.25, -0.2) is 13.2 Å². The summed E-state index contributed by atoms with van der Waals surface area (Å²) in [5.74, 6) is -0.438. The number of nitrogens with zero attached hydrogens (tertiary/aromatic N) is 2. The molecule has 2 fully saturated rings. The van der Waals surface area contributed by atoms with Crippen LogP contribution in [0.4, 0.5) is 4.79 Å². The highest BCUT2D eigenvalue weighted by Crippen LogP contribution is 2.26. The second kappa shape index (κ2) is 9.23. The third-order valence-corrected chi connectivity index (χ3v) is 8.45. The molecule has 0 aromatic carbocycles. The number of carbonyl (C=O) groups excluding carboxylic acids is 2. The average Bonchev–Trinajstić information content (AvgIpc) is 3.24. The van der Waals surface area contributed by atoms with Crippen LogP contribution in [-0.4, -0.2) is 68.5 Å². The predicted molar refractivity (Wildman–Crippen MR) is 106 cm³/mol. The Morgan fingerprint density at radius 1 is 1.25 bits per heavy atom. The van der Waals surface area contributed by atoms with Crippen LogP contribution >= 0.6 is 11.3 Å². The molecule has 1 aromatic heterocycles. The van der Waals surface area contributed by atoms with Crippen molar-refractivity contribution >= 4 is 33.4 Å². The predicted octanol–water partition coefficient (Wildman–Crippen LogP) is 1.89. The smallest absolute Gasteiger partial charge is 0.409 e. The van der Waals surface area contributed by atoms with Crippen molar-refractivity contribution in [2.45, 2.75) is 42.9 Å². The molecule has 1 atom stereocenters. The molecule has 1 N–H and O–H groups in total. The van der Waals surface area contributed by atoms with Crippen LogP contribution in [0.15, 0.2) is 21.7 Å². The molecule has 156 valence electrons. The van der Waals surface area contributed by atoms with Crippen molar-refractivity contribution in [3.05, 3.63) is 17.5 Å². The highest BCUT2D eigenvalue weighted by Gasteiger charge is 2.35. The molecule has 8 nitrogen and oxygen atoms in total. The van der Waals surface area contributed by atoms with Crippen LogP contribution in [0.2, 0.25) is 0 Å². The van der Waals surface area contributed by atoms with E-state index < -0.39 is 10.0 Å². The Bertz CT molecular complexity index is 773. The highest BCUT2D eigenvalue weighted by atomic mass is 32.2. The molecule has 0 saturated carbocycles. The quantitative estimate of drug-likeness (QED) is 0.771. The lowest BCUT2D eigenvalue weighted by Crippen LogP contribution is -2.50. The van der Waals surface area contributed by atoms with Crippen molar-refractivity contribution in [2.24, 2.45) is 5.92 Å². The lowest BCUT2D eigenvalue weighted by atomic mass is 9.97. The number of hydrogen-bond donors (Lipinski definition) is 1. The molecular formula is C18H27N3O5S2. The van der Waals surface area contributed by atoms with Crippen LogP contribution < -0.4 is 5.32 Å². The van der Waals surface area contributed by atoms with E-state index in [2.05, 4.69) is 5.32 Å². The maximum absolute atomic E-state index is 12.7. The van der Waals surface area contributed by atoms with E-state index in [-0.39, 0.29) is 30.5 Å². The van der Waals surface area contributed by atoms with Gasteiger partial charge in [0.05, 0.1) is 12.5 Å². The maximum atomic E-state index is 12.7. The number of nitrogens with one attached hydrogen (secondary N) is 1. The molecule has 3 heterocycles. The number of thiophene rings is 1. The van der Waals surface area contributed by atoms with E-state index in [9.17, 15) is 18.0 Å². The Morgan fingerprint density at radius 3 is 2.64 bits per heavy atom.